The molecule has 33 heavy (non-hydrogen) atoms. The van der Waals surface area contributed by atoms with Crippen LogP contribution in [0.5, 0.6) is 5.75 Å². The van der Waals surface area contributed by atoms with Crippen LogP contribution in [0.2, 0.25) is 0 Å². The van der Waals surface area contributed by atoms with Gasteiger partial charge in [-0.2, -0.15) is 4.31 Å². The van der Waals surface area contributed by atoms with Gasteiger partial charge in [0.05, 0.1) is 6.26 Å². The van der Waals surface area contributed by atoms with Crippen molar-refractivity contribution in [2.45, 2.75) is 50.5 Å². The largest absolute Gasteiger partial charge is 0.487 e. The number of benzene rings is 1. The summed E-state index contributed by atoms with van der Waals surface area (Å²) in [6, 6.07) is 6.61. The molecule has 0 saturated carbocycles. The topological polar surface area (TPSA) is 73.4 Å². The summed E-state index contributed by atoms with van der Waals surface area (Å²) >= 11 is 0. The molecule has 0 aliphatic carbocycles. The maximum atomic E-state index is 12.9. The van der Waals surface area contributed by atoms with Crippen molar-refractivity contribution in [1.29, 1.82) is 0 Å². The summed E-state index contributed by atoms with van der Waals surface area (Å²) in [5.41, 5.74) is 2.22. The number of carbonyl (C=O) groups is 1. The smallest absolute Gasteiger partial charge is 0.320 e. The van der Waals surface area contributed by atoms with Crippen LogP contribution >= 0.6 is 0 Å². The van der Waals surface area contributed by atoms with Crippen LogP contribution < -0.4 is 9.64 Å². The van der Waals surface area contributed by atoms with E-state index in [1.54, 1.807) is 4.31 Å². The van der Waals surface area contributed by atoms with Gasteiger partial charge in [0.15, 0.2) is 0 Å². The van der Waals surface area contributed by atoms with E-state index < -0.39 is 10.0 Å². The van der Waals surface area contributed by atoms with E-state index in [9.17, 15) is 13.2 Å². The summed E-state index contributed by atoms with van der Waals surface area (Å²) in [5.74, 6) is 0.968. The molecule has 4 aliphatic heterocycles. The fourth-order valence-corrected chi connectivity index (χ4v) is 6.55. The second-order valence-corrected chi connectivity index (χ2v) is 12.0. The zero-order valence-corrected chi connectivity index (χ0v) is 20.5. The quantitative estimate of drug-likeness (QED) is 0.656. The predicted molar refractivity (Wildman–Crippen MR) is 128 cm³/mol. The highest BCUT2D eigenvalue weighted by atomic mass is 32.2. The van der Waals surface area contributed by atoms with Crippen LogP contribution in [0.4, 0.5) is 10.5 Å². The monoisotopic (exact) mass is 476 g/mol. The van der Waals surface area contributed by atoms with Gasteiger partial charge < -0.3 is 19.4 Å². The number of amides is 2. The zero-order chi connectivity index (χ0) is 23.1. The molecule has 9 heteroatoms. The van der Waals surface area contributed by atoms with Crippen LogP contribution in [-0.4, -0.2) is 92.8 Å². The van der Waals surface area contributed by atoms with E-state index in [-0.39, 0.29) is 11.6 Å². The number of ether oxygens (including phenoxy) is 1. The number of hydrogen-bond donors (Lipinski definition) is 0. The summed E-state index contributed by atoms with van der Waals surface area (Å²) in [5, 5.41) is 0. The maximum Gasteiger partial charge on any atom is 0.320 e. The molecule has 0 aromatic heterocycles. The lowest BCUT2D eigenvalue weighted by Gasteiger charge is -2.46. The fraction of sp³-hybridized carbons (Fsp3) is 0.708. The van der Waals surface area contributed by atoms with E-state index in [0.717, 1.165) is 76.1 Å². The molecule has 182 valence electrons. The van der Waals surface area contributed by atoms with Crippen molar-refractivity contribution < 1.29 is 17.9 Å². The van der Waals surface area contributed by atoms with Crippen molar-refractivity contribution in [2.24, 2.45) is 0 Å². The van der Waals surface area contributed by atoms with Gasteiger partial charge in [0.25, 0.3) is 0 Å². The average Bonchev–Trinajstić information content (AvgIpc) is 2.84. The summed E-state index contributed by atoms with van der Waals surface area (Å²) in [6.45, 7) is 5.81. The molecule has 4 aliphatic rings. The number of fused-ring (bicyclic) bond motifs is 1. The molecule has 1 aromatic rings. The third-order valence-corrected chi connectivity index (χ3v) is 9.17. The van der Waals surface area contributed by atoms with Gasteiger partial charge >= 0.3 is 6.03 Å². The third-order valence-electron chi connectivity index (χ3n) is 7.87. The van der Waals surface area contributed by atoms with Gasteiger partial charge in [-0.05, 0) is 55.9 Å². The maximum absolute atomic E-state index is 12.9. The van der Waals surface area contributed by atoms with Gasteiger partial charge in [-0.25, -0.2) is 13.2 Å². The molecule has 0 radical (unpaired) electrons. The fourth-order valence-electron chi connectivity index (χ4n) is 5.72. The first-order chi connectivity index (χ1) is 15.8. The first kappa shape index (κ1) is 22.8. The predicted octanol–water partition coefficient (Wildman–Crippen LogP) is 2.53. The Morgan fingerprint density at radius 1 is 0.879 bits per heavy atom. The summed E-state index contributed by atoms with van der Waals surface area (Å²) < 4.78 is 31.7. The first-order valence-electron chi connectivity index (χ1n) is 12.4. The van der Waals surface area contributed by atoms with Gasteiger partial charge in [0.1, 0.15) is 11.4 Å². The Morgan fingerprint density at radius 2 is 1.55 bits per heavy atom. The Labute approximate surface area is 197 Å². The van der Waals surface area contributed by atoms with E-state index >= 15 is 0 Å². The van der Waals surface area contributed by atoms with E-state index in [2.05, 4.69) is 23.1 Å². The van der Waals surface area contributed by atoms with Gasteiger partial charge in [-0.3, -0.25) is 0 Å². The van der Waals surface area contributed by atoms with E-state index in [0.29, 0.717) is 26.2 Å². The lowest BCUT2D eigenvalue weighted by Crippen LogP contribution is -2.54. The Bertz CT molecular complexity index is 976. The SMILES string of the molecule is CS(=O)(=O)N1CCN(c2ccc3c(c2)CCC2(CCN(C(=O)N4CCCCC4)CC2)O3)CC1. The highest BCUT2D eigenvalue weighted by Crippen LogP contribution is 2.41. The number of piperidine rings is 2. The minimum atomic E-state index is -3.12. The highest BCUT2D eigenvalue weighted by molar-refractivity contribution is 7.88. The molecule has 0 unspecified atom stereocenters. The van der Waals surface area contributed by atoms with Crippen molar-refractivity contribution in [1.82, 2.24) is 14.1 Å². The third kappa shape index (κ3) is 4.80. The van der Waals surface area contributed by atoms with Crippen molar-refractivity contribution in [3.8, 4) is 5.75 Å². The number of urea groups is 1. The Hall–Kier alpha value is -2.00. The van der Waals surface area contributed by atoms with Crippen molar-refractivity contribution in [3.63, 3.8) is 0 Å². The number of anilines is 1. The molecule has 4 heterocycles. The van der Waals surface area contributed by atoms with Crippen LogP contribution in [0.1, 0.15) is 44.1 Å². The lowest BCUT2D eigenvalue weighted by atomic mass is 9.83. The zero-order valence-electron chi connectivity index (χ0n) is 19.7. The molecule has 0 atom stereocenters. The van der Waals surface area contributed by atoms with Crippen LogP contribution in [0, 0.1) is 0 Å². The van der Waals surface area contributed by atoms with Gasteiger partial charge in [0, 0.05) is 70.9 Å². The molecule has 3 saturated heterocycles. The number of carbonyl (C=O) groups excluding carboxylic acids is 1. The number of hydrogen-bond acceptors (Lipinski definition) is 5. The number of sulfonamides is 1. The Morgan fingerprint density at radius 3 is 2.21 bits per heavy atom. The molecule has 1 spiro atoms. The number of likely N-dealkylation sites (tertiary alicyclic amines) is 2. The van der Waals surface area contributed by atoms with Crippen molar-refractivity contribution in [3.05, 3.63) is 23.8 Å². The Kier molecular flexibility index (Phi) is 6.20. The van der Waals surface area contributed by atoms with Gasteiger partial charge in [0.2, 0.25) is 10.0 Å². The standard InChI is InChI=1S/C24H36N4O4S/c1-33(30,31)28-17-15-25(16-18-28)21-5-6-22-20(19-21)7-8-24(32-22)9-13-27(14-10-24)23(29)26-11-3-2-4-12-26/h5-6,19H,2-4,7-18H2,1H3. The summed E-state index contributed by atoms with van der Waals surface area (Å²) in [6.07, 6.45) is 8.51. The number of nitrogens with zero attached hydrogens (tertiary/aromatic N) is 4. The van der Waals surface area contributed by atoms with Crippen LogP contribution in [0.3, 0.4) is 0 Å². The van der Waals surface area contributed by atoms with Crippen molar-refractivity contribution >= 4 is 21.7 Å². The molecular formula is C24H36N4O4S. The lowest BCUT2D eigenvalue weighted by molar-refractivity contribution is -0.00919. The van der Waals surface area contributed by atoms with Gasteiger partial charge in [-0.1, -0.05) is 0 Å². The summed E-state index contributed by atoms with van der Waals surface area (Å²) in [4.78, 5) is 19.2. The molecule has 1 aromatic carbocycles. The molecule has 0 N–H and O–H groups in total. The minimum absolute atomic E-state index is 0.158. The molecule has 2 amide bonds. The van der Waals surface area contributed by atoms with Crippen LogP contribution in [0.25, 0.3) is 0 Å². The normalized spacial score (nSPS) is 23.8. The van der Waals surface area contributed by atoms with E-state index in [4.69, 9.17) is 4.74 Å². The molecule has 3 fully saturated rings. The van der Waals surface area contributed by atoms with Crippen LogP contribution in [-0.2, 0) is 16.4 Å². The molecule has 5 rings (SSSR count). The number of piperazine rings is 1. The molecular weight excluding hydrogens is 440 g/mol. The Balaban J connectivity index is 1.19. The second kappa shape index (κ2) is 8.98. The van der Waals surface area contributed by atoms with Crippen molar-refractivity contribution in [2.75, 3.05) is 63.5 Å². The highest BCUT2D eigenvalue weighted by Gasteiger charge is 2.41. The average molecular weight is 477 g/mol. The molecule has 8 nitrogen and oxygen atoms in total. The number of aryl methyl sites for hydroxylation is 1. The first-order valence-corrected chi connectivity index (χ1v) is 14.2. The second-order valence-electron chi connectivity index (χ2n) is 10.0. The van der Waals surface area contributed by atoms with Gasteiger partial charge in [-0.15, -0.1) is 0 Å². The minimum Gasteiger partial charge on any atom is -0.487 e. The van der Waals surface area contributed by atoms with Crippen LogP contribution in [0.15, 0.2) is 18.2 Å². The molecule has 0 bridgehead atoms. The van der Waals surface area contributed by atoms with E-state index in [1.165, 1.54) is 18.2 Å². The summed E-state index contributed by atoms with van der Waals surface area (Å²) in [7, 11) is -3.12. The number of rotatable bonds is 2. The van der Waals surface area contributed by atoms with E-state index in [1.807, 2.05) is 9.80 Å².